The quantitative estimate of drug-likeness (QED) is 0.172. The lowest BCUT2D eigenvalue weighted by atomic mass is 10.0. The van der Waals surface area contributed by atoms with Crippen LogP contribution in [-0.4, -0.2) is 4.98 Å². The number of hydrogen-bond donors (Lipinski definition) is 0. The van der Waals surface area contributed by atoms with E-state index in [1.54, 1.807) is 0 Å². The number of furan rings is 1. The van der Waals surface area contributed by atoms with Gasteiger partial charge in [0.1, 0.15) is 16.7 Å². The second-order valence-electron chi connectivity index (χ2n) is 13.5. The van der Waals surface area contributed by atoms with Crippen LogP contribution in [0, 0.1) is 0 Å². The molecule has 5 heteroatoms. The summed E-state index contributed by atoms with van der Waals surface area (Å²) in [5.74, 6) is 0.575. The van der Waals surface area contributed by atoms with Gasteiger partial charge in [-0.3, -0.25) is 0 Å². The van der Waals surface area contributed by atoms with Gasteiger partial charge in [0.25, 0.3) is 0 Å². The molecule has 0 N–H and O–H groups in total. The zero-order valence-corrected chi connectivity index (χ0v) is 29.8. The Bertz CT molecular complexity index is 3170. The maximum Gasteiger partial charge on any atom is 0.228 e. The van der Waals surface area contributed by atoms with E-state index in [2.05, 4.69) is 150 Å². The van der Waals surface area contributed by atoms with Crippen molar-refractivity contribution in [2.24, 2.45) is 0 Å². The molecular weight excluding hydrogens is 681 g/mol. The molecule has 0 aliphatic heterocycles. The third-order valence-corrected chi connectivity index (χ3v) is 11.5. The Morgan fingerprint density at radius 2 is 1.11 bits per heavy atom. The maximum atomic E-state index is 6.65. The summed E-state index contributed by atoms with van der Waals surface area (Å²) < 4.78 is 15.4. The van der Waals surface area contributed by atoms with E-state index in [0.717, 1.165) is 72.4 Å². The second kappa shape index (κ2) is 12.3. The molecule has 0 saturated carbocycles. The van der Waals surface area contributed by atoms with Crippen molar-refractivity contribution in [1.82, 2.24) is 4.98 Å². The minimum Gasteiger partial charge on any atom is -0.456 e. The van der Waals surface area contributed by atoms with Crippen LogP contribution in [0.15, 0.2) is 191 Å². The predicted octanol–water partition coefficient (Wildman–Crippen LogP) is 14.6. The maximum absolute atomic E-state index is 6.65. The second-order valence-corrected chi connectivity index (χ2v) is 14.6. The van der Waals surface area contributed by atoms with Gasteiger partial charge in [-0.1, -0.05) is 115 Å². The number of hydrogen-bond acceptors (Lipinski definition) is 5. The molecule has 0 aliphatic rings. The molecule has 11 aromatic rings. The van der Waals surface area contributed by atoms with Gasteiger partial charge in [-0.25, -0.2) is 4.98 Å². The van der Waals surface area contributed by atoms with E-state index in [4.69, 9.17) is 13.8 Å². The van der Waals surface area contributed by atoms with Gasteiger partial charge >= 0.3 is 0 Å². The third-order valence-electron chi connectivity index (χ3n) is 10.3. The van der Waals surface area contributed by atoms with Crippen LogP contribution >= 0.6 is 11.3 Å². The Morgan fingerprint density at radius 3 is 2.02 bits per heavy atom. The number of oxazole rings is 1. The first-order chi connectivity index (χ1) is 26.8. The van der Waals surface area contributed by atoms with Crippen molar-refractivity contribution in [3.63, 3.8) is 0 Å². The van der Waals surface area contributed by atoms with Crippen LogP contribution in [0.1, 0.15) is 0 Å². The highest BCUT2D eigenvalue weighted by molar-refractivity contribution is 7.25. The Labute approximate surface area is 314 Å². The van der Waals surface area contributed by atoms with E-state index in [9.17, 15) is 0 Å². The molecule has 0 fully saturated rings. The summed E-state index contributed by atoms with van der Waals surface area (Å²) in [4.78, 5) is 7.37. The van der Waals surface area contributed by atoms with E-state index < -0.39 is 0 Å². The molecular formula is C49H30N2O2S. The molecule has 3 aromatic heterocycles. The zero-order valence-electron chi connectivity index (χ0n) is 28.9. The largest absolute Gasteiger partial charge is 0.456 e. The fourth-order valence-corrected chi connectivity index (χ4v) is 8.93. The van der Waals surface area contributed by atoms with Crippen LogP contribution in [0.25, 0.3) is 86.9 Å². The summed E-state index contributed by atoms with van der Waals surface area (Å²) in [6, 6.07) is 63.9. The van der Waals surface area contributed by atoms with Gasteiger partial charge in [-0.15, -0.1) is 11.3 Å². The summed E-state index contributed by atoms with van der Waals surface area (Å²) in [6.07, 6.45) is 0. The van der Waals surface area contributed by atoms with E-state index in [1.165, 1.54) is 25.7 Å². The molecule has 0 radical (unpaired) electrons. The topological polar surface area (TPSA) is 42.4 Å². The Balaban J connectivity index is 1.04. The summed E-state index contributed by atoms with van der Waals surface area (Å²) in [5, 5.41) is 4.60. The van der Waals surface area contributed by atoms with Gasteiger partial charge in [0.15, 0.2) is 5.58 Å². The Hall–Kier alpha value is -6.95. The highest BCUT2D eigenvalue weighted by Gasteiger charge is 2.21. The van der Waals surface area contributed by atoms with Crippen LogP contribution in [0.5, 0.6) is 0 Å². The van der Waals surface area contributed by atoms with Gasteiger partial charge in [-0.2, -0.15) is 0 Å². The number of rotatable bonds is 6. The SMILES string of the molecule is c1ccc(-c2ccccc2N(c2ccc(-c3cccc4nc(-c5cccc6oc7ccccc7c56)oc34)cc2)c2ccc3sc4ccccc4c3c2)cc1. The fourth-order valence-electron chi connectivity index (χ4n) is 7.85. The average Bonchev–Trinajstić information content (AvgIpc) is 3.95. The first-order valence-electron chi connectivity index (χ1n) is 18.0. The summed E-state index contributed by atoms with van der Waals surface area (Å²) in [7, 11) is 0. The lowest BCUT2D eigenvalue weighted by molar-refractivity contribution is 0.621. The lowest BCUT2D eigenvalue weighted by Crippen LogP contribution is -2.11. The molecule has 0 bridgehead atoms. The summed E-state index contributed by atoms with van der Waals surface area (Å²) >= 11 is 1.84. The number of fused-ring (bicyclic) bond motifs is 7. The number of thiophene rings is 1. The molecule has 0 aliphatic carbocycles. The molecule has 4 nitrogen and oxygen atoms in total. The normalized spacial score (nSPS) is 11.7. The number of para-hydroxylation sites is 3. The van der Waals surface area contributed by atoms with Gasteiger partial charge < -0.3 is 13.7 Å². The average molecular weight is 711 g/mol. The minimum absolute atomic E-state index is 0.575. The molecule has 0 atom stereocenters. The number of aromatic nitrogens is 1. The van der Waals surface area contributed by atoms with Crippen molar-refractivity contribution in [2.75, 3.05) is 4.90 Å². The number of benzene rings is 8. The number of anilines is 3. The Kier molecular flexibility index (Phi) is 7.00. The van der Waals surface area contributed by atoms with Crippen molar-refractivity contribution in [1.29, 1.82) is 0 Å². The number of nitrogens with zero attached hydrogens (tertiary/aromatic N) is 2. The van der Waals surface area contributed by atoms with Gasteiger partial charge in [0.05, 0.1) is 5.69 Å². The minimum atomic E-state index is 0.575. The lowest BCUT2D eigenvalue weighted by Gasteiger charge is -2.28. The molecule has 0 spiro atoms. The molecule has 11 rings (SSSR count). The smallest absolute Gasteiger partial charge is 0.228 e. The predicted molar refractivity (Wildman–Crippen MR) is 225 cm³/mol. The first kappa shape index (κ1) is 30.7. The zero-order chi connectivity index (χ0) is 35.6. The summed E-state index contributed by atoms with van der Waals surface area (Å²) in [5.41, 5.74) is 11.8. The van der Waals surface area contributed by atoms with Crippen molar-refractivity contribution in [3.05, 3.63) is 182 Å². The molecule has 54 heavy (non-hydrogen) atoms. The van der Waals surface area contributed by atoms with E-state index >= 15 is 0 Å². The van der Waals surface area contributed by atoms with E-state index in [-0.39, 0.29) is 0 Å². The van der Waals surface area contributed by atoms with Crippen LogP contribution < -0.4 is 4.90 Å². The van der Waals surface area contributed by atoms with Crippen molar-refractivity contribution in [3.8, 4) is 33.7 Å². The summed E-state index contributed by atoms with van der Waals surface area (Å²) in [6.45, 7) is 0. The monoisotopic (exact) mass is 710 g/mol. The first-order valence-corrected chi connectivity index (χ1v) is 18.8. The van der Waals surface area contributed by atoms with Crippen molar-refractivity contribution in [2.45, 2.75) is 0 Å². The Morgan fingerprint density at radius 1 is 0.444 bits per heavy atom. The molecule has 254 valence electrons. The van der Waals surface area contributed by atoms with E-state index in [1.807, 2.05) is 47.7 Å². The van der Waals surface area contributed by atoms with Gasteiger partial charge in [0, 0.05) is 59.0 Å². The van der Waals surface area contributed by atoms with Crippen LogP contribution in [-0.2, 0) is 0 Å². The van der Waals surface area contributed by atoms with Crippen LogP contribution in [0.3, 0.4) is 0 Å². The molecule has 0 unspecified atom stereocenters. The third kappa shape index (κ3) is 4.94. The van der Waals surface area contributed by atoms with Crippen LogP contribution in [0.4, 0.5) is 17.1 Å². The van der Waals surface area contributed by atoms with E-state index in [0.29, 0.717) is 5.89 Å². The molecule has 0 amide bonds. The molecule has 0 saturated heterocycles. The van der Waals surface area contributed by atoms with Crippen molar-refractivity contribution >= 4 is 81.6 Å². The van der Waals surface area contributed by atoms with Gasteiger partial charge in [-0.05, 0) is 77.9 Å². The molecule has 8 aromatic carbocycles. The van der Waals surface area contributed by atoms with Crippen LogP contribution in [0.2, 0.25) is 0 Å². The highest BCUT2D eigenvalue weighted by Crippen LogP contribution is 2.45. The van der Waals surface area contributed by atoms with Gasteiger partial charge in [0.2, 0.25) is 5.89 Å². The van der Waals surface area contributed by atoms with Crippen molar-refractivity contribution < 1.29 is 8.83 Å². The standard InChI is InChI=1S/C49H30N2O2S/c1-2-12-31(13-3-1)35-14-4-7-20-42(35)51(34-28-29-46-40(30-34)37-15-6-9-23-45(37)54-46)33-26-24-32(25-27-33)36-17-10-19-41-48(36)53-49(50-41)39-18-11-22-44-47(39)38-16-5-8-21-43(38)52-44/h1-30H. The highest BCUT2D eigenvalue weighted by atomic mass is 32.1. The fraction of sp³-hybridized carbons (Fsp3) is 0. The molecule has 3 heterocycles.